The first-order valence-electron chi connectivity index (χ1n) is 8.12. The van der Waals surface area contributed by atoms with Crippen molar-refractivity contribution >= 4 is 0 Å². The predicted molar refractivity (Wildman–Crippen MR) is 78.8 cm³/mol. The van der Waals surface area contributed by atoms with Crippen molar-refractivity contribution in [3.8, 4) is 0 Å². The van der Waals surface area contributed by atoms with Crippen molar-refractivity contribution < 1.29 is 0 Å². The van der Waals surface area contributed by atoms with Crippen LogP contribution in [0.1, 0.15) is 52.9 Å². The van der Waals surface area contributed by atoms with Crippen LogP contribution in [-0.2, 0) is 0 Å². The Morgan fingerprint density at radius 3 is 2.67 bits per heavy atom. The molecule has 0 aromatic carbocycles. The van der Waals surface area contributed by atoms with Gasteiger partial charge in [0.25, 0.3) is 0 Å². The molecule has 3 atom stereocenters. The summed E-state index contributed by atoms with van der Waals surface area (Å²) in [7, 11) is 0. The van der Waals surface area contributed by atoms with Crippen LogP contribution in [0.5, 0.6) is 0 Å². The molecule has 2 rings (SSSR count). The van der Waals surface area contributed by atoms with Crippen molar-refractivity contribution in [2.45, 2.75) is 58.9 Å². The van der Waals surface area contributed by atoms with E-state index in [1.807, 2.05) is 0 Å². The minimum absolute atomic E-state index is 0.700. The topological polar surface area (TPSA) is 15.3 Å². The van der Waals surface area contributed by atoms with Gasteiger partial charge in [0.05, 0.1) is 0 Å². The molecule has 1 aliphatic carbocycles. The van der Waals surface area contributed by atoms with Crippen LogP contribution in [0.25, 0.3) is 0 Å². The molecule has 1 N–H and O–H groups in total. The van der Waals surface area contributed by atoms with E-state index in [0.29, 0.717) is 6.04 Å². The second kappa shape index (κ2) is 6.91. The maximum atomic E-state index is 3.72. The van der Waals surface area contributed by atoms with Crippen LogP contribution in [0.3, 0.4) is 0 Å². The molecule has 1 aliphatic heterocycles. The summed E-state index contributed by atoms with van der Waals surface area (Å²) in [6.45, 7) is 12.3. The zero-order valence-corrected chi connectivity index (χ0v) is 12.6. The predicted octanol–water partition coefficient (Wildman–Crippen LogP) is 3.13. The van der Waals surface area contributed by atoms with E-state index in [1.165, 1.54) is 58.3 Å². The van der Waals surface area contributed by atoms with Crippen LogP contribution < -0.4 is 5.32 Å². The van der Waals surface area contributed by atoms with Crippen LogP contribution in [0.2, 0.25) is 0 Å². The van der Waals surface area contributed by atoms with E-state index < -0.39 is 0 Å². The van der Waals surface area contributed by atoms with Gasteiger partial charge in [-0.15, -0.1) is 0 Å². The molecule has 2 fully saturated rings. The molecule has 1 saturated heterocycles. The first kappa shape index (κ1) is 14.3. The lowest BCUT2D eigenvalue weighted by Crippen LogP contribution is -2.43. The molecule has 0 aromatic rings. The molecule has 2 heteroatoms. The Balaban J connectivity index is 1.86. The van der Waals surface area contributed by atoms with Crippen LogP contribution in [0, 0.1) is 17.8 Å². The van der Waals surface area contributed by atoms with Crippen LogP contribution in [-0.4, -0.2) is 37.1 Å². The molecule has 0 bridgehead atoms. The Bertz CT molecular complexity index is 239. The summed E-state index contributed by atoms with van der Waals surface area (Å²) < 4.78 is 0. The lowest BCUT2D eigenvalue weighted by Gasteiger charge is -2.35. The fraction of sp³-hybridized carbons (Fsp3) is 1.00. The maximum Gasteiger partial charge on any atom is 0.0217 e. The average Bonchev–Trinajstić information content (AvgIpc) is 2.58. The highest BCUT2D eigenvalue weighted by Gasteiger charge is 2.26. The van der Waals surface area contributed by atoms with Crippen molar-refractivity contribution in [1.82, 2.24) is 10.2 Å². The van der Waals surface area contributed by atoms with Gasteiger partial charge in [-0.25, -0.2) is 0 Å². The zero-order valence-electron chi connectivity index (χ0n) is 12.6. The van der Waals surface area contributed by atoms with E-state index >= 15 is 0 Å². The van der Waals surface area contributed by atoms with Crippen molar-refractivity contribution in [3.05, 3.63) is 0 Å². The number of nitrogens with one attached hydrogen (secondary N) is 1. The molecule has 0 radical (unpaired) electrons. The Morgan fingerprint density at radius 1 is 1.17 bits per heavy atom. The summed E-state index contributed by atoms with van der Waals surface area (Å²) in [5, 5.41) is 3.72. The van der Waals surface area contributed by atoms with Gasteiger partial charge in [0.15, 0.2) is 0 Å². The van der Waals surface area contributed by atoms with E-state index in [0.717, 1.165) is 17.8 Å². The van der Waals surface area contributed by atoms with Gasteiger partial charge in [-0.1, -0.05) is 40.0 Å². The van der Waals surface area contributed by atoms with Crippen molar-refractivity contribution in [3.63, 3.8) is 0 Å². The second-order valence-corrected chi connectivity index (χ2v) is 6.94. The first-order valence-corrected chi connectivity index (χ1v) is 8.12. The molecule has 3 unspecified atom stereocenters. The number of hydrogen-bond donors (Lipinski definition) is 1. The monoisotopic (exact) mass is 252 g/mol. The van der Waals surface area contributed by atoms with E-state index in [9.17, 15) is 0 Å². The minimum atomic E-state index is 0.700. The highest BCUT2D eigenvalue weighted by Crippen LogP contribution is 2.30. The Morgan fingerprint density at radius 2 is 1.94 bits per heavy atom. The lowest BCUT2D eigenvalue weighted by atomic mass is 9.80. The minimum Gasteiger partial charge on any atom is -0.312 e. The van der Waals surface area contributed by atoms with Crippen LogP contribution in [0.15, 0.2) is 0 Å². The van der Waals surface area contributed by atoms with E-state index in [1.54, 1.807) is 0 Å². The smallest absolute Gasteiger partial charge is 0.0217 e. The van der Waals surface area contributed by atoms with Crippen molar-refractivity contribution in [1.29, 1.82) is 0 Å². The summed E-state index contributed by atoms with van der Waals surface area (Å²) >= 11 is 0. The molecule has 106 valence electrons. The molecular formula is C16H32N2. The summed E-state index contributed by atoms with van der Waals surface area (Å²) in [5.41, 5.74) is 0. The van der Waals surface area contributed by atoms with Gasteiger partial charge >= 0.3 is 0 Å². The molecule has 0 aromatic heterocycles. The number of rotatable bonds is 3. The third-order valence-electron chi connectivity index (χ3n) is 5.10. The molecule has 2 nitrogen and oxygen atoms in total. The average molecular weight is 252 g/mol. The quantitative estimate of drug-likeness (QED) is 0.830. The standard InChI is InChI=1S/C16H32N2/c1-13(2)16-12-18(10-6-9-17-16)11-15-8-5-4-7-14(15)3/h13-17H,4-12H2,1-3H3. The lowest BCUT2D eigenvalue weighted by molar-refractivity contribution is 0.152. The first-order chi connectivity index (χ1) is 8.66. The maximum absolute atomic E-state index is 3.72. The van der Waals surface area contributed by atoms with Gasteiger partial charge in [0.2, 0.25) is 0 Å². The van der Waals surface area contributed by atoms with Gasteiger partial charge in [-0.3, -0.25) is 0 Å². The third-order valence-corrected chi connectivity index (χ3v) is 5.10. The molecular weight excluding hydrogens is 220 g/mol. The van der Waals surface area contributed by atoms with E-state index in [-0.39, 0.29) is 0 Å². The molecule has 0 spiro atoms. The largest absolute Gasteiger partial charge is 0.312 e. The highest BCUT2D eigenvalue weighted by atomic mass is 15.2. The fourth-order valence-corrected chi connectivity index (χ4v) is 3.63. The summed E-state index contributed by atoms with van der Waals surface area (Å²) in [5.74, 6) is 2.67. The Labute approximate surface area is 114 Å². The molecule has 1 heterocycles. The third kappa shape index (κ3) is 3.96. The molecule has 2 aliphatic rings. The van der Waals surface area contributed by atoms with Gasteiger partial charge in [-0.05, 0) is 43.7 Å². The Kier molecular flexibility index (Phi) is 5.50. The van der Waals surface area contributed by atoms with E-state index in [2.05, 4.69) is 31.0 Å². The van der Waals surface area contributed by atoms with Gasteiger partial charge in [0.1, 0.15) is 0 Å². The highest BCUT2D eigenvalue weighted by molar-refractivity contribution is 4.82. The van der Waals surface area contributed by atoms with Crippen molar-refractivity contribution in [2.75, 3.05) is 26.2 Å². The van der Waals surface area contributed by atoms with Crippen LogP contribution in [0.4, 0.5) is 0 Å². The summed E-state index contributed by atoms with van der Waals surface area (Å²) in [6, 6.07) is 0.700. The normalized spacial score (nSPS) is 35.7. The number of nitrogens with zero attached hydrogens (tertiary/aromatic N) is 1. The fourth-order valence-electron chi connectivity index (χ4n) is 3.63. The summed E-state index contributed by atoms with van der Waals surface area (Å²) in [6.07, 6.45) is 7.19. The zero-order chi connectivity index (χ0) is 13.0. The second-order valence-electron chi connectivity index (χ2n) is 6.94. The van der Waals surface area contributed by atoms with Gasteiger partial charge in [-0.2, -0.15) is 0 Å². The molecule has 18 heavy (non-hydrogen) atoms. The molecule has 0 amide bonds. The summed E-state index contributed by atoms with van der Waals surface area (Å²) in [4.78, 5) is 2.75. The van der Waals surface area contributed by atoms with Gasteiger partial charge in [0, 0.05) is 19.1 Å². The Hall–Kier alpha value is -0.0800. The van der Waals surface area contributed by atoms with Crippen molar-refractivity contribution in [2.24, 2.45) is 17.8 Å². The number of hydrogen-bond acceptors (Lipinski definition) is 2. The molecule has 1 saturated carbocycles. The van der Waals surface area contributed by atoms with Crippen LogP contribution >= 0.6 is 0 Å². The van der Waals surface area contributed by atoms with E-state index in [4.69, 9.17) is 0 Å². The van der Waals surface area contributed by atoms with Gasteiger partial charge < -0.3 is 10.2 Å². The SMILES string of the molecule is CC(C)C1CN(CC2CCCCC2C)CCCN1.